The number of esters is 1. The van der Waals surface area contributed by atoms with Crippen LogP contribution in [-0.2, 0) is 17.7 Å². The minimum absolute atomic E-state index is 0.101. The van der Waals surface area contributed by atoms with Gasteiger partial charge in [-0.1, -0.05) is 6.92 Å². The summed E-state index contributed by atoms with van der Waals surface area (Å²) in [4.78, 5) is 30.1. The van der Waals surface area contributed by atoms with E-state index >= 15 is 0 Å². The van der Waals surface area contributed by atoms with Crippen molar-refractivity contribution in [1.82, 2.24) is 9.88 Å². The molecule has 0 unspecified atom stereocenters. The van der Waals surface area contributed by atoms with Crippen LogP contribution in [0.3, 0.4) is 0 Å². The van der Waals surface area contributed by atoms with E-state index in [1.54, 1.807) is 13.2 Å². The Kier molecular flexibility index (Phi) is 4.46. The number of nitrogens with zero attached hydrogens (tertiary/aromatic N) is 1. The molecule has 2 aromatic heterocycles. The highest BCUT2D eigenvalue weighted by molar-refractivity contribution is 6.00. The molecule has 1 amide bonds. The van der Waals surface area contributed by atoms with E-state index in [0.29, 0.717) is 29.8 Å². The van der Waals surface area contributed by atoms with Gasteiger partial charge in [-0.25, -0.2) is 4.79 Å². The Bertz CT molecular complexity index is 741. The summed E-state index contributed by atoms with van der Waals surface area (Å²) >= 11 is 0. The molecule has 2 heterocycles. The molecule has 128 valence electrons. The number of carbonyl (C=O) groups is 2. The molecule has 1 N–H and O–H groups in total. The molecule has 0 spiro atoms. The number of aryl methyl sites for hydroxylation is 1. The van der Waals surface area contributed by atoms with Crippen LogP contribution in [0.2, 0.25) is 0 Å². The van der Waals surface area contributed by atoms with E-state index in [0.717, 1.165) is 24.3 Å². The van der Waals surface area contributed by atoms with Crippen molar-refractivity contribution in [3.05, 3.63) is 46.7 Å². The van der Waals surface area contributed by atoms with Crippen LogP contribution in [-0.4, -0.2) is 34.9 Å². The van der Waals surface area contributed by atoms with E-state index < -0.39 is 5.97 Å². The standard InChI is InChI=1S/C18H22N2O4/c1-4-14-15(18(22)23-3)11(2)16(19-14)17(21)20(12-7-8-12)10-13-6-5-9-24-13/h5-6,9,12,19H,4,7-8,10H2,1-3H3. The largest absolute Gasteiger partial charge is 0.467 e. The first-order chi connectivity index (χ1) is 11.6. The molecular weight excluding hydrogens is 308 g/mol. The highest BCUT2D eigenvalue weighted by Gasteiger charge is 2.36. The molecule has 0 radical (unpaired) electrons. The Hall–Kier alpha value is -2.50. The SMILES string of the molecule is CCc1[nH]c(C(=O)N(Cc2ccco2)C2CC2)c(C)c1C(=O)OC. The molecule has 2 aromatic rings. The molecule has 1 fully saturated rings. The van der Waals surface area contributed by atoms with E-state index in [1.165, 1.54) is 7.11 Å². The third-order valence-corrected chi connectivity index (χ3v) is 4.44. The smallest absolute Gasteiger partial charge is 0.339 e. The van der Waals surface area contributed by atoms with Gasteiger partial charge in [0, 0.05) is 11.7 Å². The molecule has 0 bridgehead atoms. The van der Waals surface area contributed by atoms with Crippen LogP contribution in [0.1, 0.15) is 57.6 Å². The van der Waals surface area contributed by atoms with Gasteiger partial charge in [0.1, 0.15) is 11.5 Å². The molecule has 3 rings (SSSR count). The number of H-pyrrole nitrogens is 1. The highest BCUT2D eigenvalue weighted by Crippen LogP contribution is 2.31. The van der Waals surface area contributed by atoms with Crippen molar-refractivity contribution in [2.45, 2.75) is 45.7 Å². The van der Waals surface area contributed by atoms with Crippen molar-refractivity contribution in [1.29, 1.82) is 0 Å². The fourth-order valence-corrected chi connectivity index (χ4v) is 2.98. The summed E-state index contributed by atoms with van der Waals surface area (Å²) in [5.41, 5.74) is 2.31. The predicted octanol–water partition coefficient (Wildman–Crippen LogP) is 3.07. The van der Waals surface area contributed by atoms with Crippen molar-refractivity contribution in [2.75, 3.05) is 7.11 Å². The second-order valence-electron chi connectivity index (χ2n) is 6.07. The number of methoxy groups -OCH3 is 1. The maximum Gasteiger partial charge on any atom is 0.339 e. The van der Waals surface area contributed by atoms with Crippen LogP contribution >= 0.6 is 0 Å². The zero-order valence-electron chi connectivity index (χ0n) is 14.2. The number of amides is 1. The van der Waals surface area contributed by atoms with E-state index in [1.807, 2.05) is 24.0 Å². The van der Waals surface area contributed by atoms with Crippen molar-refractivity contribution in [3.8, 4) is 0 Å². The van der Waals surface area contributed by atoms with Crippen molar-refractivity contribution >= 4 is 11.9 Å². The Morgan fingerprint density at radius 3 is 2.71 bits per heavy atom. The lowest BCUT2D eigenvalue weighted by atomic mass is 10.1. The van der Waals surface area contributed by atoms with Gasteiger partial charge in [0.25, 0.3) is 5.91 Å². The van der Waals surface area contributed by atoms with Gasteiger partial charge in [-0.3, -0.25) is 4.79 Å². The van der Waals surface area contributed by atoms with Gasteiger partial charge in [-0.15, -0.1) is 0 Å². The first kappa shape index (κ1) is 16.4. The number of hydrogen-bond donors (Lipinski definition) is 1. The van der Waals surface area contributed by atoms with Crippen LogP contribution in [0.5, 0.6) is 0 Å². The highest BCUT2D eigenvalue weighted by atomic mass is 16.5. The quantitative estimate of drug-likeness (QED) is 0.826. The maximum atomic E-state index is 13.1. The summed E-state index contributed by atoms with van der Waals surface area (Å²) in [7, 11) is 1.35. The molecule has 0 aliphatic heterocycles. The molecule has 6 nitrogen and oxygen atoms in total. The average molecular weight is 330 g/mol. The molecular formula is C18H22N2O4. The van der Waals surface area contributed by atoms with E-state index in [9.17, 15) is 9.59 Å². The van der Waals surface area contributed by atoms with Gasteiger partial charge in [0.05, 0.1) is 25.5 Å². The molecule has 1 aliphatic carbocycles. The molecule has 1 aliphatic rings. The Balaban J connectivity index is 1.93. The second-order valence-corrected chi connectivity index (χ2v) is 6.07. The van der Waals surface area contributed by atoms with Crippen LogP contribution in [0.15, 0.2) is 22.8 Å². The zero-order chi connectivity index (χ0) is 17.3. The van der Waals surface area contributed by atoms with E-state index in [-0.39, 0.29) is 11.9 Å². The third kappa shape index (κ3) is 2.96. The average Bonchev–Trinajstić information content (AvgIpc) is 3.19. The zero-order valence-corrected chi connectivity index (χ0v) is 14.2. The van der Waals surface area contributed by atoms with Crippen molar-refractivity contribution in [3.63, 3.8) is 0 Å². The number of ether oxygens (including phenoxy) is 1. The van der Waals surface area contributed by atoms with Crippen molar-refractivity contribution in [2.24, 2.45) is 0 Å². The lowest BCUT2D eigenvalue weighted by Crippen LogP contribution is -2.33. The minimum atomic E-state index is -0.413. The van der Waals surface area contributed by atoms with Crippen LogP contribution in [0.25, 0.3) is 0 Å². The summed E-state index contributed by atoms with van der Waals surface area (Å²) in [6.07, 6.45) is 4.23. The number of carbonyl (C=O) groups excluding carboxylic acids is 2. The third-order valence-electron chi connectivity index (χ3n) is 4.44. The van der Waals surface area contributed by atoms with Crippen LogP contribution in [0.4, 0.5) is 0 Å². The molecule has 1 saturated carbocycles. The second kappa shape index (κ2) is 6.55. The van der Waals surface area contributed by atoms with Gasteiger partial charge in [-0.2, -0.15) is 0 Å². The Morgan fingerprint density at radius 2 is 2.17 bits per heavy atom. The van der Waals surface area contributed by atoms with Gasteiger partial charge < -0.3 is 19.0 Å². The number of aromatic nitrogens is 1. The van der Waals surface area contributed by atoms with E-state index in [4.69, 9.17) is 9.15 Å². The van der Waals surface area contributed by atoms with Crippen LogP contribution in [0, 0.1) is 6.92 Å². The Labute approximate surface area is 140 Å². The molecule has 0 atom stereocenters. The Morgan fingerprint density at radius 1 is 1.42 bits per heavy atom. The molecule has 24 heavy (non-hydrogen) atoms. The van der Waals surface area contributed by atoms with Gasteiger partial charge in [0.2, 0.25) is 0 Å². The van der Waals surface area contributed by atoms with E-state index in [2.05, 4.69) is 4.98 Å². The van der Waals surface area contributed by atoms with Gasteiger partial charge in [-0.05, 0) is 43.9 Å². The van der Waals surface area contributed by atoms with Crippen molar-refractivity contribution < 1.29 is 18.7 Å². The first-order valence-corrected chi connectivity index (χ1v) is 8.19. The lowest BCUT2D eigenvalue weighted by Gasteiger charge is -2.21. The number of rotatable bonds is 6. The summed E-state index contributed by atoms with van der Waals surface area (Å²) in [5.74, 6) is 0.239. The number of nitrogens with one attached hydrogen (secondary N) is 1. The number of furan rings is 1. The fourth-order valence-electron chi connectivity index (χ4n) is 2.98. The number of aromatic amines is 1. The molecule has 0 aromatic carbocycles. The molecule has 6 heteroatoms. The van der Waals surface area contributed by atoms with Gasteiger partial charge in [0.15, 0.2) is 0 Å². The summed E-state index contributed by atoms with van der Waals surface area (Å²) in [5, 5.41) is 0. The topological polar surface area (TPSA) is 75.5 Å². The summed E-state index contributed by atoms with van der Waals surface area (Å²) in [6.45, 7) is 4.16. The van der Waals surface area contributed by atoms with Crippen LogP contribution < -0.4 is 0 Å². The normalized spacial score (nSPS) is 13.8. The predicted molar refractivity (Wildman–Crippen MR) is 87.9 cm³/mol. The summed E-state index contributed by atoms with van der Waals surface area (Å²) < 4.78 is 10.2. The monoisotopic (exact) mass is 330 g/mol. The summed E-state index contributed by atoms with van der Waals surface area (Å²) in [6, 6.07) is 3.91. The first-order valence-electron chi connectivity index (χ1n) is 8.19. The lowest BCUT2D eigenvalue weighted by molar-refractivity contribution is 0.0599. The maximum absolute atomic E-state index is 13.1. The number of hydrogen-bond acceptors (Lipinski definition) is 4. The fraction of sp³-hybridized carbons (Fsp3) is 0.444. The molecule has 0 saturated heterocycles. The van der Waals surface area contributed by atoms with Gasteiger partial charge >= 0.3 is 5.97 Å². The minimum Gasteiger partial charge on any atom is -0.467 e.